The lowest BCUT2D eigenvalue weighted by molar-refractivity contribution is -0.139. The summed E-state index contributed by atoms with van der Waals surface area (Å²) in [7, 11) is 3.15. The van der Waals surface area contributed by atoms with E-state index < -0.39 is 12.0 Å². The van der Waals surface area contributed by atoms with Gasteiger partial charge in [0, 0.05) is 29.9 Å². The topological polar surface area (TPSA) is 89.9 Å². The first-order valence-corrected chi connectivity index (χ1v) is 13.7. The Labute approximate surface area is 232 Å². The summed E-state index contributed by atoms with van der Waals surface area (Å²) >= 11 is 1.43. The fourth-order valence-corrected chi connectivity index (χ4v) is 5.91. The van der Waals surface area contributed by atoms with Crippen molar-refractivity contribution in [3.05, 3.63) is 76.3 Å². The van der Waals surface area contributed by atoms with Crippen LogP contribution in [0.4, 0.5) is 0 Å². The van der Waals surface area contributed by atoms with Crippen LogP contribution in [0.15, 0.2) is 70.2 Å². The molecule has 0 N–H and O–H groups in total. The number of carbonyl (C=O) groups excluding carboxylic acids is 2. The number of amidine groups is 1. The molecule has 39 heavy (non-hydrogen) atoms. The highest BCUT2D eigenvalue weighted by Gasteiger charge is 2.44. The fraction of sp³-hybridized carbons (Fsp3) is 0.345. The van der Waals surface area contributed by atoms with Crippen molar-refractivity contribution >= 4 is 34.5 Å². The van der Waals surface area contributed by atoms with Crippen LogP contribution in [-0.2, 0) is 19.1 Å². The highest BCUT2D eigenvalue weighted by molar-refractivity contribution is 8.16. The summed E-state index contributed by atoms with van der Waals surface area (Å²) in [6.07, 6.45) is 0.158. The van der Waals surface area contributed by atoms with E-state index in [-0.39, 0.29) is 18.9 Å². The molecular weight excluding hydrogens is 518 g/mol. The summed E-state index contributed by atoms with van der Waals surface area (Å²) in [6, 6.07) is 14.5. The number of hydrogen-bond acceptors (Lipinski definition) is 9. The quantitative estimate of drug-likeness (QED) is 0.452. The maximum absolute atomic E-state index is 13.7. The molecular formula is C29H31N3O6S. The molecule has 1 fully saturated rings. The van der Waals surface area contributed by atoms with Gasteiger partial charge in [-0.3, -0.25) is 4.79 Å². The first-order chi connectivity index (χ1) is 19.1. The van der Waals surface area contributed by atoms with Crippen LogP contribution in [0, 0.1) is 0 Å². The minimum Gasteiger partial charge on any atom is -0.493 e. The van der Waals surface area contributed by atoms with Gasteiger partial charge < -0.3 is 28.7 Å². The number of morpholine rings is 1. The largest absolute Gasteiger partial charge is 0.493 e. The Morgan fingerprint density at radius 3 is 2.51 bits per heavy atom. The number of nitrogens with zero attached hydrogens (tertiary/aromatic N) is 3. The van der Waals surface area contributed by atoms with E-state index in [0.717, 1.165) is 11.3 Å². The lowest BCUT2D eigenvalue weighted by atomic mass is 9.90. The second-order valence-electron chi connectivity index (χ2n) is 9.00. The predicted molar refractivity (Wildman–Crippen MR) is 149 cm³/mol. The number of carbonyl (C=O) groups is 2. The Bertz CT molecular complexity index is 1330. The summed E-state index contributed by atoms with van der Waals surface area (Å²) in [4.78, 5) is 35.8. The Hall–Kier alpha value is -3.76. The number of benzene rings is 2. The van der Waals surface area contributed by atoms with E-state index in [1.165, 1.54) is 11.8 Å². The van der Waals surface area contributed by atoms with Crippen molar-refractivity contribution < 1.29 is 28.5 Å². The molecule has 10 heteroatoms. The van der Waals surface area contributed by atoms with Crippen molar-refractivity contribution in [3.8, 4) is 11.5 Å². The average molecular weight is 550 g/mol. The Kier molecular flexibility index (Phi) is 8.23. The zero-order valence-corrected chi connectivity index (χ0v) is 23.0. The van der Waals surface area contributed by atoms with Gasteiger partial charge in [0.05, 0.1) is 57.8 Å². The SMILES string of the molecule is CCOC(=O)C1=C(c2ccccc2)N=C2SC=C(CC(=O)N3CCOCC3)N2C1c1cccc(OC)c1OC. The Balaban J connectivity index is 1.67. The van der Waals surface area contributed by atoms with Crippen molar-refractivity contribution in [3.63, 3.8) is 0 Å². The number of methoxy groups -OCH3 is 2. The third-order valence-corrected chi connectivity index (χ3v) is 7.67. The van der Waals surface area contributed by atoms with Gasteiger partial charge in [-0.2, -0.15) is 0 Å². The van der Waals surface area contributed by atoms with Crippen LogP contribution >= 0.6 is 11.8 Å². The summed E-state index contributed by atoms with van der Waals surface area (Å²) in [5.41, 5.74) is 3.13. The Morgan fingerprint density at radius 1 is 1.05 bits per heavy atom. The summed E-state index contributed by atoms with van der Waals surface area (Å²) < 4.78 is 22.4. The van der Waals surface area contributed by atoms with E-state index in [9.17, 15) is 9.59 Å². The van der Waals surface area contributed by atoms with Gasteiger partial charge in [0.2, 0.25) is 5.91 Å². The van der Waals surface area contributed by atoms with Crippen LogP contribution in [-0.4, -0.2) is 74.0 Å². The molecule has 1 atom stereocenters. The molecule has 1 amide bonds. The van der Waals surface area contributed by atoms with Crippen molar-refractivity contribution in [1.29, 1.82) is 0 Å². The molecule has 0 aliphatic carbocycles. The maximum atomic E-state index is 13.7. The number of ether oxygens (including phenoxy) is 4. The van der Waals surface area contributed by atoms with Gasteiger partial charge in [0.15, 0.2) is 16.7 Å². The van der Waals surface area contributed by atoms with Crippen molar-refractivity contribution in [2.75, 3.05) is 47.1 Å². The monoisotopic (exact) mass is 549 g/mol. The fourth-order valence-electron chi connectivity index (χ4n) is 4.99. The molecule has 3 heterocycles. The first kappa shape index (κ1) is 26.8. The standard InChI is InChI=1S/C29H31N3O6S/c1-4-38-28(34)24-25(19-9-6-5-7-10-19)30-29-32(26(24)21-11-8-12-22(35-2)27(21)36-3)20(18-39-29)17-23(33)31-13-15-37-16-14-31/h5-12,18,26H,4,13-17H2,1-3H3. The van der Waals surface area contributed by atoms with Crippen LogP contribution < -0.4 is 9.47 Å². The van der Waals surface area contributed by atoms with E-state index in [0.29, 0.717) is 59.8 Å². The van der Waals surface area contributed by atoms with E-state index in [1.807, 2.05) is 63.7 Å². The van der Waals surface area contributed by atoms with Gasteiger partial charge in [-0.15, -0.1) is 0 Å². The number of aliphatic imine (C=N–C) groups is 1. The van der Waals surface area contributed by atoms with E-state index in [2.05, 4.69) is 0 Å². The van der Waals surface area contributed by atoms with E-state index in [1.54, 1.807) is 21.1 Å². The summed E-state index contributed by atoms with van der Waals surface area (Å²) in [5, 5.41) is 2.61. The molecule has 3 aliphatic heterocycles. The molecule has 5 rings (SSSR count). The molecule has 1 saturated heterocycles. The van der Waals surface area contributed by atoms with Crippen molar-refractivity contribution in [1.82, 2.24) is 9.80 Å². The molecule has 0 aromatic heterocycles. The van der Waals surface area contributed by atoms with Crippen LogP contribution in [0.5, 0.6) is 11.5 Å². The highest BCUT2D eigenvalue weighted by atomic mass is 32.2. The number of rotatable bonds is 8. The van der Waals surface area contributed by atoms with Gasteiger partial charge >= 0.3 is 5.97 Å². The van der Waals surface area contributed by atoms with Gasteiger partial charge in [-0.05, 0) is 18.4 Å². The number of hydrogen-bond donors (Lipinski definition) is 0. The number of para-hydroxylation sites is 1. The number of fused-ring (bicyclic) bond motifs is 1. The molecule has 2 aromatic carbocycles. The first-order valence-electron chi connectivity index (χ1n) is 12.8. The van der Waals surface area contributed by atoms with E-state index in [4.69, 9.17) is 23.9 Å². The predicted octanol–water partition coefficient (Wildman–Crippen LogP) is 4.23. The van der Waals surface area contributed by atoms with Crippen molar-refractivity contribution in [2.24, 2.45) is 4.99 Å². The highest BCUT2D eigenvalue weighted by Crippen LogP contribution is 2.50. The van der Waals surface area contributed by atoms with E-state index >= 15 is 0 Å². The molecule has 0 spiro atoms. The summed E-state index contributed by atoms with van der Waals surface area (Å²) in [6.45, 7) is 4.14. The molecule has 0 radical (unpaired) electrons. The second kappa shape index (κ2) is 12.0. The normalized spacial score (nSPS) is 18.8. The Morgan fingerprint density at radius 2 is 1.82 bits per heavy atom. The van der Waals surface area contributed by atoms with Gasteiger partial charge in [-0.25, -0.2) is 9.79 Å². The van der Waals surface area contributed by atoms with Crippen LogP contribution in [0.3, 0.4) is 0 Å². The lowest BCUT2D eigenvalue weighted by Gasteiger charge is -2.38. The van der Waals surface area contributed by atoms with Crippen LogP contribution in [0.2, 0.25) is 0 Å². The molecule has 2 aromatic rings. The molecule has 0 saturated carbocycles. The van der Waals surface area contributed by atoms with Crippen LogP contribution in [0.25, 0.3) is 5.70 Å². The zero-order valence-electron chi connectivity index (χ0n) is 22.2. The zero-order chi connectivity index (χ0) is 27.4. The van der Waals surface area contributed by atoms with Gasteiger partial charge in [0.25, 0.3) is 0 Å². The average Bonchev–Trinajstić information content (AvgIpc) is 3.38. The molecule has 1 unspecified atom stereocenters. The third kappa shape index (κ3) is 5.26. The molecule has 9 nitrogen and oxygen atoms in total. The lowest BCUT2D eigenvalue weighted by Crippen LogP contribution is -2.42. The minimum atomic E-state index is -0.671. The summed E-state index contributed by atoms with van der Waals surface area (Å²) in [5.74, 6) is 0.546. The third-order valence-electron chi connectivity index (χ3n) is 6.78. The number of amides is 1. The van der Waals surface area contributed by atoms with Gasteiger partial charge in [-0.1, -0.05) is 54.2 Å². The molecule has 0 bridgehead atoms. The molecule has 204 valence electrons. The van der Waals surface area contributed by atoms with Crippen LogP contribution in [0.1, 0.15) is 30.5 Å². The number of esters is 1. The minimum absolute atomic E-state index is 0.00159. The molecule has 3 aliphatic rings. The number of thioether (sulfide) groups is 1. The second-order valence-corrected chi connectivity index (χ2v) is 9.83. The smallest absolute Gasteiger partial charge is 0.338 e. The van der Waals surface area contributed by atoms with Crippen molar-refractivity contribution in [2.45, 2.75) is 19.4 Å². The van der Waals surface area contributed by atoms with Gasteiger partial charge in [0.1, 0.15) is 0 Å². The maximum Gasteiger partial charge on any atom is 0.338 e.